The van der Waals surface area contributed by atoms with Crippen LogP contribution in [0.4, 0.5) is 8.78 Å². The quantitative estimate of drug-likeness (QED) is 0.651. The first kappa shape index (κ1) is 12.2. The number of rotatable bonds is 5. The van der Waals surface area contributed by atoms with E-state index in [-0.39, 0.29) is 22.5 Å². The largest absolute Gasteiger partial charge is 0.481 e. The number of carboxylic acids is 1. The van der Waals surface area contributed by atoms with Crippen LogP contribution < -0.4 is 0 Å². The van der Waals surface area contributed by atoms with Crippen molar-refractivity contribution in [3.05, 3.63) is 17.5 Å². The molecule has 17 heavy (non-hydrogen) atoms. The molecule has 0 atom stereocenters. The molecule has 4 nitrogen and oxygen atoms in total. The second kappa shape index (κ2) is 4.95. The molecule has 0 amide bonds. The molecule has 0 unspecified atom stereocenters. The van der Waals surface area contributed by atoms with E-state index in [9.17, 15) is 13.6 Å². The molecule has 1 aromatic heterocycles. The van der Waals surface area contributed by atoms with Crippen molar-refractivity contribution in [2.75, 3.05) is 5.75 Å². The lowest BCUT2D eigenvalue weighted by molar-refractivity contribution is -0.133. The molecule has 1 saturated carbocycles. The van der Waals surface area contributed by atoms with Gasteiger partial charge in [0.05, 0.1) is 5.75 Å². The number of aromatic nitrogens is 2. The SMILES string of the molecule is O=C(O)CSc1nc(C(F)F)cc(C2CC2)n1. The molecule has 1 fully saturated rings. The minimum Gasteiger partial charge on any atom is -0.481 e. The van der Waals surface area contributed by atoms with Gasteiger partial charge in [-0.1, -0.05) is 11.8 Å². The van der Waals surface area contributed by atoms with Gasteiger partial charge in [-0.05, 0) is 18.9 Å². The summed E-state index contributed by atoms with van der Waals surface area (Å²) >= 11 is 0.864. The van der Waals surface area contributed by atoms with Gasteiger partial charge in [-0.3, -0.25) is 4.79 Å². The summed E-state index contributed by atoms with van der Waals surface area (Å²) in [6, 6.07) is 1.31. The minimum absolute atomic E-state index is 0.118. The first-order valence-electron chi connectivity index (χ1n) is 5.08. The number of hydrogen-bond acceptors (Lipinski definition) is 4. The van der Waals surface area contributed by atoms with Crippen LogP contribution in [0, 0.1) is 0 Å². The van der Waals surface area contributed by atoms with Crippen LogP contribution in [-0.2, 0) is 4.79 Å². The summed E-state index contributed by atoms with van der Waals surface area (Å²) in [6.07, 6.45) is -0.759. The van der Waals surface area contributed by atoms with Crippen LogP contribution in [-0.4, -0.2) is 26.8 Å². The topological polar surface area (TPSA) is 63.1 Å². The zero-order chi connectivity index (χ0) is 12.4. The fraction of sp³-hybridized carbons (Fsp3) is 0.500. The van der Waals surface area contributed by atoms with Gasteiger partial charge in [0.15, 0.2) is 5.16 Å². The molecule has 1 aliphatic carbocycles. The van der Waals surface area contributed by atoms with Crippen molar-refractivity contribution in [3.63, 3.8) is 0 Å². The summed E-state index contributed by atoms with van der Waals surface area (Å²) in [6.45, 7) is 0. The molecule has 2 rings (SSSR count). The number of nitrogens with zero attached hydrogens (tertiary/aromatic N) is 2. The lowest BCUT2D eigenvalue weighted by Gasteiger charge is -2.05. The number of aliphatic carboxylic acids is 1. The Kier molecular flexibility index (Phi) is 3.56. The Hall–Kier alpha value is -1.24. The number of hydrogen-bond donors (Lipinski definition) is 1. The molecule has 0 saturated heterocycles. The summed E-state index contributed by atoms with van der Waals surface area (Å²) in [5.74, 6) is -1.01. The third-order valence-corrected chi connectivity index (χ3v) is 3.12. The highest BCUT2D eigenvalue weighted by Gasteiger charge is 2.27. The van der Waals surface area contributed by atoms with Gasteiger partial charge in [0.1, 0.15) is 5.69 Å². The van der Waals surface area contributed by atoms with E-state index in [0.717, 1.165) is 24.6 Å². The number of carbonyl (C=O) groups is 1. The molecule has 1 heterocycles. The van der Waals surface area contributed by atoms with Crippen molar-refractivity contribution in [1.29, 1.82) is 0 Å². The van der Waals surface area contributed by atoms with E-state index >= 15 is 0 Å². The molecule has 0 aliphatic heterocycles. The highest BCUT2D eigenvalue weighted by molar-refractivity contribution is 7.99. The van der Waals surface area contributed by atoms with Crippen molar-refractivity contribution in [1.82, 2.24) is 9.97 Å². The van der Waals surface area contributed by atoms with Gasteiger partial charge < -0.3 is 5.11 Å². The summed E-state index contributed by atoms with van der Waals surface area (Å²) in [5.41, 5.74) is 0.276. The maximum Gasteiger partial charge on any atom is 0.313 e. The number of thioether (sulfide) groups is 1. The lowest BCUT2D eigenvalue weighted by Crippen LogP contribution is -2.03. The molecule has 1 aliphatic rings. The van der Waals surface area contributed by atoms with Crippen LogP contribution in [0.2, 0.25) is 0 Å². The van der Waals surface area contributed by atoms with Crippen molar-refractivity contribution in [2.45, 2.75) is 30.3 Å². The van der Waals surface area contributed by atoms with Gasteiger partial charge in [0.2, 0.25) is 0 Å². The first-order valence-corrected chi connectivity index (χ1v) is 6.06. The van der Waals surface area contributed by atoms with E-state index in [1.165, 1.54) is 6.07 Å². The van der Waals surface area contributed by atoms with Gasteiger partial charge in [0.25, 0.3) is 6.43 Å². The van der Waals surface area contributed by atoms with Crippen LogP contribution in [0.3, 0.4) is 0 Å². The second-order valence-corrected chi connectivity index (χ2v) is 4.70. The first-order chi connectivity index (χ1) is 8.06. The summed E-state index contributed by atoms with van der Waals surface area (Å²) in [7, 11) is 0. The second-order valence-electron chi connectivity index (χ2n) is 3.76. The van der Waals surface area contributed by atoms with Crippen LogP contribution in [0.5, 0.6) is 0 Å². The number of carboxylic acid groups (broad SMARTS) is 1. The number of halogens is 2. The molecule has 0 spiro atoms. The van der Waals surface area contributed by atoms with E-state index in [2.05, 4.69) is 9.97 Å². The van der Waals surface area contributed by atoms with Crippen LogP contribution in [0.15, 0.2) is 11.2 Å². The molecule has 0 aromatic carbocycles. The molecule has 92 valence electrons. The van der Waals surface area contributed by atoms with Crippen LogP contribution in [0.1, 0.15) is 36.6 Å². The standard InChI is InChI=1S/C10H10F2N2O2S/c11-9(12)7-3-6(5-1-2-5)13-10(14-7)17-4-8(15)16/h3,5,9H,1-2,4H2,(H,15,16). The number of alkyl halides is 2. The van der Waals surface area contributed by atoms with Crippen molar-refractivity contribution in [2.24, 2.45) is 0 Å². The molecule has 1 aromatic rings. The molecular weight excluding hydrogens is 250 g/mol. The average molecular weight is 260 g/mol. The van der Waals surface area contributed by atoms with E-state index in [4.69, 9.17) is 5.11 Å². The summed E-state index contributed by atoms with van der Waals surface area (Å²) in [4.78, 5) is 18.2. The Balaban J connectivity index is 2.20. The summed E-state index contributed by atoms with van der Waals surface area (Å²) in [5, 5.41) is 8.64. The molecular formula is C10H10F2N2O2S. The molecule has 0 radical (unpaired) electrons. The van der Waals surface area contributed by atoms with Crippen LogP contribution >= 0.6 is 11.8 Å². The highest BCUT2D eigenvalue weighted by Crippen LogP contribution is 2.40. The van der Waals surface area contributed by atoms with E-state index in [0.29, 0.717) is 5.69 Å². The minimum atomic E-state index is -2.65. The lowest BCUT2D eigenvalue weighted by atomic mass is 10.2. The Labute approximate surface area is 100 Å². The van der Waals surface area contributed by atoms with Crippen molar-refractivity contribution in [3.8, 4) is 0 Å². The Morgan fingerprint density at radius 1 is 1.53 bits per heavy atom. The molecule has 0 bridgehead atoms. The van der Waals surface area contributed by atoms with Gasteiger partial charge in [0, 0.05) is 11.6 Å². The molecule has 1 N–H and O–H groups in total. The zero-order valence-electron chi connectivity index (χ0n) is 8.77. The predicted molar refractivity (Wildman–Crippen MR) is 57.3 cm³/mol. The smallest absolute Gasteiger partial charge is 0.313 e. The maximum absolute atomic E-state index is 12.6. The normalized spacial score (nSPS) is 15.2. The fourth-order valence-electron chi connectivity index (χ4n) is 1.35. The maximum atomic E-state index is 12.6. The zero-order valence-corrected chi connectivity index (χ0v) is 9.58. The summed E-state index contributed by atoms with van der Waals surface area (Å²) < 4.78 is 25.2. The fourth-order valence-corrected chi connectivity index (χ4v) is 1.95. The van der Waals surface area contributed by atoms with Gasteiger partial charge in [-0.25, -0.2) is 18.7 Å². The third kappa shape index (κ3) is 3.36. The Morgan fingerprint density at radius 3 is 2.76 bits per heavy atom. The Bertz CT molecular complexity index is 418. The van der Waals surface area contributed by atoms with Gasteiger partial charge in [-0.2, -0.15) is 0 Å². The monoisotopic (exact) mass is 260 g/mol. The average Bonchev–Trinajstić information content (AvgIpc) is 3.09. The third-order valence-electron chi connectivity index (χ3n) is 2.29. The van der Waals surface area contributed by atoms with Gasteiger partial charge >= 0.3 is 5.97 Å². The molecule has 7 heteroatoms. The van der Waals surface area contributed by atoms with Crippen molar-refractivity contribution < 1.29 is 18.7 Å². The Morgan fingerprint density at radius 2 is 2.24 bits per heavy atom. The van der Waals surface area contributed by atoms with Crippen molar-refractivity contribution >= 4 is 17.7 Å². The van der Waals surface area contributed by atoms with E-state index in [1.807, 2.05) is 0 Å². The predicted octanol–water partition coefficient (Wildman–Crippen LogP) is 2.47. The highest BCUT2D eigenvalue weighted by atomic mass is 32.2. The van der Waals surface area contributed by atoms with Gasteiger partial charge in [-0.15, -0.1) is 0 Å². The van der Waals surface area contributed by atoms with E-state index in [1.54, 1.807) is 0 Å². The van der Waals surface area contributed by atoms with Crippen LogP contribution in [0.25, 0.3) is 0 Å². The van der Waals surface area contributed by atoms with E-state index < -0.39 is 12.4 Å².